The van der Waals surface area contributed by atoms with Crippen LogP contribution in [0.2, 0.25) is 0 Å². The Kier molecular flexibility index (Phi) is 6.80. The van der Waals surface area contributed by atoms with E-state index in [4.69, 9.17) is 19.2 Å². The van der Waals surface area contributed by atoms with Crippen molar-refractivity contribution >= 4 is 49.9 Å². The number of para-hydroxylation sites is 1. The number of carbonyl (C=O) groups is 2. The maximum Gasteiger partial charge on any atom is 0.410 e. The highest BCUT2D eigenvalue weighted by molar-refractivity contribution is 7.23. The van der Waals surface area contributed by atoms with Gasteiger partial charge in [0.2, 0.25) is 0 Å². The molecule has 0 saturated carbocycles. The van der Waals surface area contributed by atoms with Crippen molar-refractivity contribution in [1.82, 2.24) is 9.88 Å². The second-order valence-electron chi connectivity index (χ2n) is 8.09. The summed E-state index contributed by atoms with van der Waals surface area (Å²) < 4.78 is 17.0. The van der Waals surface area contributed by atoms with Crippen LogP contribution >= 0.6 is 22.7 Å². The molecule has 1 N–H and O–H groups in total. The van der Waals surface area contributed by atoms with Gasteiger partial charge in [-0.15, -0.1) is 22.7 Å². The maximum absolute atomic E-state index is 13.4. The van der Waals surface area contributed by atoms with Gasteiger partial charge in [-0.2, -0.15) is 0 Å². The van der Waals surface area contributed by atoms with Gasteiger partial charge in [0.1, 0.15) is 21.5 Å². The predicted molar refractivity (Wildman–Crippen MR) is 142 cm³/mol. The van der Waals surface area contributed by atoms with Gasteiger partial charge in [-0.05, 0) is 49.2 Å². The Morgan fingerprint density at radius 1 is 1.11 bits per heavy atom. The van der Waals surface area contributed by atoms with E-state index >= 15 is 0 Å². The highest BCUT2D eigenvalue weighted by atomic mass is 32.1. The minimum Gasteiger partial charge on any atom is -0.497 e. The Balaban J connectivity index is 1.56. The summed E-state index contributed by atoms with van der Waals surface area (Å²) in [5.74, 6) is 0.696. The fourth-order valence-corrected chi connectivity index (χ4v) is 6.60. The number of benzene rings is 2. The first kappa shape index (κ1) is 24.1. The fraction of sp³-hybridized carbons (Fsp3) is 0.269. The molecule has 1 aliphatic rings. The van der Waals surface area contributed by atoms with E-state index in [1.54, 1.807) is 48.5 Å². The molecule has 2 amide bonds. The molecule has 3 heterocycles. The molecule has 0 spiro atoms. The molecule has 0 fully saturated rings. The number of hydrogen-bond donors (Lipinski definition) is 1. The number of aromatic nitrogens is 1. The Hall–Kier alpha value is -3.63. The topological polar surface area (TPSA) is 90.0 Å². The van der Waals surface area contributed by atoms with E-state index in [1.807, 2.05) is 24.3 Å². The zero-order valence-corrected chi connectivity index (χ0v) is 21.8. The molecule has 0 aliphatic carbocycles. The average molecular weight is 524 g/mol. The van der Waals surface area contributed by atoms with Gasteiger partial charge >= 0.3 is 6.09 Å². The van der Waals surface area contributed by atoms with Crippen LogP contribution in [0.3, 0.4) is 0 Å². The van der Waals surface area contributed by atoms with Crippen LogP contribution in [-0.4, -0.2) is 49.3 Å². The Morgan fingerprint density at radius 2 is 1.94 bits per heavy atom. The zero-order chi connectivity index (χ0) is 25.2. The van der Waals surface area contributed by atoms with Gasteiger partial charge in [-0.25, -0.2) is 9.78 Å². The molecular formula is C26H25N3O5S2. The van der Waals surface area contributed by atoms with Crippen molar-refractivity contribution in [1.29, 1.82) is 0 Å². The first-order valence-electron chi connectivity index (χ1n) is 11.5. The second-order valence-corrected chi connectivity index (χ2v) is 10.2. The summed E-state index contributed by atoms with van der Waals surface area (Å²) in [5.41, 5.74) is 3.29. The number of ether oxygens (including phenoxy) is 3. The molecular weight excluding hydrogens is 498 g/mol. The molecule has 186 valence electrons. The number of carbonyl (C=O) groups excluding carboxylic acids is 2. The summed E-state index contributed by atoms with van der Waals surface area (Å²) in [4.78, 5) is 33.4. The van der Waals surface area contributed by atoms with Crippen LogP contribution in [-0.2, 0) is 17.7 Å². The Bertz CT molecular complexity index is 1410. The summed E-state index contributed by atoms with van der Waals surface area (Å²) in [7, 11) is 3.08. The van der Waals surface area contributed by atoms with E-state index in [2.05, 4.69) is 5.32 Å². The highest BCUT2D eigenvalue weighted by Gasteiger charge is 2.30. The lowest BCUT2D eigenvalue weighted by Gasteiger charge is -2.26. The molecule has 0 saturated heterocycles. The van der Waals surface area contributed by atoms with E-state index in [1.165, 1.54) is 18.4 Å². The smallest absolute Gasteiger partial charge is 0.410 e. The molecule has 0 radical (unpaired) electrons. The van der Waals surface area contributed by atoms with E-state index in [0.717, 1.165) is 31.2 Å². The van der Waals surface area contributed by atoms with Crippen molar-refractivity contribution in [3.63, 3.8) is 0 Å². The lowest BCUT2D eigenvalue weighted by Crippen LogP contribution is -2.35. The van der Waals surface area contributed by atoms with Gasteiger partial charge < -0.3 is 24.4 Å². The SMILES string of the molecule is CCOC(=O)N1CCc2c(sc(NC(=O)c3cc(OC)ccc3OC)c2-c2nc3ccccc3s2)C1. The number of anilines is 1. The number of amides is 2. The normalized spacial score (nSPS) is 12.8. The first-order valence-corrected chi connectivity index (χ1v) is 13.1. The number of fused-ring (bicyclic) bond motifs is 2. The number of hydrogen-bond acceptors (Lipinski definition) is 8. The van der Waals surface area contributed by atoms with Gasteiger partial charge in [-0.1, -0.05) is 12.1 Å². The lowest BCUT2D eigenvalue weighted by atomic mass is 10.0. The quantitative estimate of drug-likeness (QED) is 0.343. The maximum atomic E-state index is 13.4. The van der Waals surface area contributed by atoms with Crippen LogP contribution in [0.25, 0.3) is 20.8 Å². The van der Waals surface area contributed by atoms with Crippen molar-refractivity contribution < 1.29 is 23.8 Å². The zero-order valence-electron chi connectivity index (χ0n) is 20.1. The number of thiophene rings is 1. The number of methoxy groups -OCH3 is 2. The molecule has 36 heavy (non-hydrogen) atoms. The molecule has 5 rings (SSSR count). The summed E-state index contributed by atoms with van der Waals surface area (Å²) in [6.07, 6.45) is 0.318. The third-order valence-corrected chi connectivity index (χ3v) is 8.16. The Labute approximate surface area is 216 Å². The first-order chi connectivity index (χ1) is 17.5. The average Bonchev–Trinajstić information content (AvgIpc) is 3.48. The standard InChI is InChI=1S/C26H25N3O5S2/c1-4-34-26(31)29-12-11-16-21(14-29)36-25(22(16)24-27-18-7-5-6-8-20(18)35-24)28-23(30)17-13-15(32-2)9-10-19(17)33-3/h5-10,13H,4,11-12,14H2,1-3H3,(H,28,30). The van der Waals surface area contributed by atoms with Crippen LogP contribution in [0.15, 0.2) is 42.5 Å². The monoisotopic (exact) mass is 523 g/mol. The van der Waals surface area contributed by atoms with Gasteiger partial charge in [0, 0.05) is 17.0 Å². The number of thiazole rings is 1. The lowest BCUT2D eigenvalue weighted by molar-refractivity contribution is 0.102. The van der Waals surface area contributed by atoms with Crippen molar-refractivity contribution in [3.8, 4) is 22.1 Å². The van der Waals surface area contributed by atoms with Gasteiger partial charge in [0.25, 0.3) is 5.91 Å². The van der Waals surface area contributed by atoms with Crippen LogP contribution < -0.4 is 14.8 Å². The number of nitrogens with one attached hydrogen (secondary N) is 1. The van der Waals surface area contributed by atoms with Crippen molar-refractivity contribution in [2.45, 2.75) is 19.9 Å². The van der Waals surface area contributed by atoms with Crippen molar-refractivity contribution in [2.75, 3.05) is 32.7 Å². The number of rotatable bonds is 6. The van der Waals surface area contributed by atoms with Crippen LogP contribution in [0.5, 0.6) is 11.5 Å². The summed E-state index contributed by atoms with van der Waals surface area (Å²) >= 11 is 3.05. The van der Waals surface area contributed by atoms with Gasteiger partial charge in [0.05, 0.1) is 43.2 Å². The molecule has 0 atom stereocenters. The van der Waals surface area contributed by atoms with Crippen LogP contribution in [0, 0.1) is 0 Å². The molecule has 0 unspecified atom stereocenters. The molecule has 2 aromatic heterocycles. The predicted octanol–water partition coefficient (Wildman–Crippen LogP) is 5.81. The second kappa shape index (κ2) is 10.2. The van der Waals surface area contributed by atoms with Crippen molar-refractivity contribution in [2.24, 2.45) is 0 Å². The number of nitrogens with zero attached hydrogens (tertiary/aromatic N) is 2. The van der Waals surface area contributed by atoms with E-state index in [9.17, 15) is 9.59 Å². The molecule has 1 aliphatic heterocycles. The largest absolute Gasteiger partial charge is 0.497 e. The minimum absolute atomic E-state index is 0.311. The molecule has 4 aromatic rings. The van der Waals surface area contributed by atoms with E-state index < -0.39 is 0 Å². The minimum atomic E-state index is -0.329. The molecule has 2 aromatic carbocycles. The summed E-state index contributed by atoms with van der Waals surface area (Å²) in [6, 6.07) is 13.1. The molecule has 10 heteroatoms. The van der Waals surface area contributed by atoms with Crippen LogP contribution in [0.4, 0.5) is 9.80 Å². The third kappa shape index (κ3) is 4.49. The van der Waals surface area contributed by atoms with Crippen LogP contribution in [0.1, 0.15) is 27.7 Å². The summed E-state index contributed by atoms with van der Waals surface area (Å²) in [6.45, 7) is 3.09. The Morgan fingerprint density at radius 3 is 2.69 bits per heavy atom. The fourth-order valence-electron chi connectivity index (χ4n) is 4.23. The van der Waals surface area contributed by atoms with E-state index in [-0.39, 0.29) is 12.0 Å². The highest BCUT2D eigenvalue weighted by Crippen LogP contribution is 2.46. The molecule has 0 bridgehead atoms. The van der Waals surface area contributed by atoms with Crippen molar-refractivity contribution in [3.05, 3.63) is 58.5 Å². The summed E-state index contributed by atoms with van der Waals surface area (Å²) in [5, 5.41) is 4.63. The van der Waals surface area contributed by atoms with E-state index in [0.29, 0.717) is 48.2 Å². The molecule has 8 nitrogen and oxygen atoms in total. The van der Waals surface area contributed by atoms with Gasteiger partial charge in [0.15, 0.2) is 0 Å². The third-order valence-electron chi connectivity index (χ3n) is 5.97. The van der Waals surface area contributed by atoms with Gasteiger partial charge in [-0.3, -0.25) is 4.79 Å².